The smallest absolute Gasteiger partial charge is 0.0475 e. The molecule has 0 aliphatic heterocycles. The van der Waals surface area contributed by atoms with Crippen molar-refractivity contribution in [3.05, 3.63) is 45.2 Å². The van der Waals surface area contributed by atoms with Gasteiger partial charge in [-0.1, -0.05) is 12.1 Å². The van der Waals surface area contributed by atoms with Crippen molar-refractivity contribution in [3.8, 4) is 0 Å². The van der Waals surface area contributed by atoms with E-state index < -0.39 is 0 Å². The van der Waals surface area contributed by atoms with Crippen LogP contribution < -0.4 is 5.32 Å². The Kier molecular flexibility index (Phi) is 6.27. The second kappa shape index (κ2) is 7.53. The Balaban J connectivity index is 2.32. The Bertz CT molecular complexity index is 389. The molecule has 0 radical (unpaired) electrons. The summed E-state index contributed by atoms with van der Waals surface area (Å²) >= 11 is 2.35. The SMILES string of the molecule is CC=C=C(C)CCCNc1ccccc1I. The third-order valence-electron chi connectivity index (χ3n) is 2.31. The predicted molar refractivity (Wildman–Crippen MR) is 79.8 cm³/mol. The van der Waals surface area contributed by atoms with E-state index in [2.05, 4.69) is 64.8 Å². The molecule has 0 unspecified atom stereocenters. The number of allylic oxidation sites excluding steroid dienone is 1. The highest BCUT2D eigenvalue weighted by Gasteiger charge is 1.96. The number of rotatable bonds is 5. The topological polar surface area (TPSA) is 12.0 Å². The molecule has 0 bridgehead atoms. The highest BCUT2D eigenvalue weighted by atomic mass is 127. The van der Waals surface area contributed by atoms with E-state index in [0.29, 0.717) is 0 Å². The van der Waals surface area contributed by atoms with Gasteiger partial charge in [0, 0.05) is 15.8 Å². The maximum Gasteiger partial charge on any atom is 0.0475 e. The molecule has 1 rings (SSSR count). The van der Waals surface area contributed by atoms with Crippen molar-refractivity contribution in [2.75, 3.05) is 11.9 Å². The summed E-state index contributed by atoms with van der Waals surface area (Å²) in [4.78, 5) is 0. The highest BCUT2D eigenvalue weighted by molar-refractivity contribution is 14.1. The summed E-state index contributed by atoms with van der Waals surface area (Å²) in [6.45, 7) is 5.16. The van der Waals surface area contributed by atoms with Gasteiger partial charge in [-0.15, -0.1) is 5.73 Å². The molecule has 2 heteroatoms. The lowest BCUT2D eigenvalue weighted by molar-refractivity contribution is 0.852. The van der Waals surface area contributed by atoms with Gasteiger partial charge in [0.15, 0.2) is 0 Å². The van der Waals surface area contributed by atoms with E-state index in [1.54, 1.807) is 0 Å². The minimum absolute atomic E-state index is 1.02. The van der Waals surface area contributed by atoms with E-state index in [1.165, 1.54) is 14.8 Å². The lowest BCUT2D eigenvalue weighted by Crippen LogP contribution is -2.02. The lowest BCUT2D eigenvalue weighted by Gasteiger charge is -2.07. The van der Waals surface area contributed by atoms with Crippen LogP contribution in [0.4, 0.5) is 5.69 Å². The first-order valence-corrected chi connectivity index (χ1v) is 6.67. The molecule has 0 amide bonds. The molecular weight excluding hydrogens is 309 g/mol. The fourth-order valence-corrected chi connectivity index (χ4v) is 2.08. The van der Waals surface area contributed by atoms with Gasteiger partial charge < -0.3 is 5.32 Å². The molecule has 0 saturated heterocycles. The van der Waals surface area contributed by atoms with Gasteiger partial charge in [-0.3, -0.25) is 0 Å². The number of hydrogen-bond acceptors (Lipinski definition) is 1. The molecule has 0 spiro atoms. The van der Waals surface area contributed by atoms with Crippen LogP contribution in [0, 0.1) is 3.57 Å². The van der Waals surface area contributed by atoms with Gasteiger partial charge in [0.05, 0.1) is 0 Å². The van der Waals surface area contributed by atoms with E-state index in [4.69, 9.17) is 0 Å². The molecule has 0 saturated carbocycles. The number of halogens is 1. The van der Waals surface area contributed by atoms with Crippen LogP contribution in [0.15, 0.2) is 41.6 Å². The second-order valence-electron chi connectivity index (χ2n) is 3.72. The van der Waals surface area contributed by atoms with Crippen LogP contribution in [-0.2, 0) is 0 Å². The Morgan fingerprint density at radius 2 is 2.19 bits per heavy atom. The number of benzene rings is 1. The van der Waals surface area contributed by atoms with E-state index in [0.717, 1.165) is 19.4 Å². The van der Waals surface area contributed by atoms with Gasteiger partial charge >= 0.3 is 0 Å². The zero-order valence-electron chi connectivity index (χ0n) is 9.89. The summed E-state index contributed by atoms with van der Waals surface area (Å²) in [6, 6.07) is 8.37. The molecule has 1 nitrogen and oxygen atoms in total. The van der Waals surface area contributed by atoms with Crippen molar-refractivity contribution in [1.82, 2.24) is 0 Å². The number of hydrogen-bond donors (Lipinski definition) is 1. The van der Waals surface area contributed by atoms with Gasteiger partial charge in [0.1, 0.15) is 0 Å². The summed E-state index contributed by atoms with van der Waals surface area (Å²) < 4.78 is 1.28. The third-order valence-corrected chi connectivity index (χ3v) is 3.25. The molecule has 0 fully saturated rings. The van der Waals surface area contributed by atoms with E-state index in [-0.39, 0.29) is 0 Å². The Morgan fingerprint density at radius 3 is 2.88 bits per heavy atom. The maximum absolute atomic E-state index is 3.45. The van der Waals surface area contributed by atoms with Crippen molar-refractivity contribution < 1.29 is 0 Å². The van der Waals surface area contributed by atoms with Crippen LogP contribution in [-0.4, -0.2) is 6.54 Å². The quantitative estimate of drug-likeness (QED) is 0.473. The van der Waals surface area contributed by atoms with Crippen molar-refractivity contribution in [3.63, 3.8) is 0 Å². The van der Waals surface area contributed by atoms with E-state index in [9.17, 15) is 0 Å². The number of para-hydroxylation sites is 1. The van der Waals surface area contributed by atoms with Crippen LogP contribution in [0.25, 0.3) is 0 Å². The number of nitrogens with one attached hydrogen (secondary N) is 1. The van der Waals surface area contributed by atoms with Crippen molar-refractivity contribution in [1.29, 1.82) is 0 Å². The first-order valence-electron chi connectivity index (χ1n) is 5.59. The average molecular weight is 327 g/mol. The summed E-state index contributed by atoms with van der Waals surface area (Å²) in [5, 5.41) is 3.45. The Hall–Kier alpha value is -0.730. The lowest BCUT2D eigenvalue weighted by atomic mass is 10.2. The Morgan fingerprint density at radius 1 is 1.44 bits per heavy atom. The molecule has 16 heavy (non-hydrogen) atoms. The zero-order valence-corrected chi connectivity index (χ0v) is 12.0. The van der Waals surface area contributed by atoms with Gasteiger partial charge in [-0.25, -0.2) is 0 Å². The molecule has 1 aromatic rings. The largest absolute Gasteiger partial charge is 0.384 e. The van der Waals surface area contributed by atoms with Crippen LogP contribution in [0.1, 0.15) is 26.7 Å². The molecule has 0 aliphatic rings. The fraction of sp³-hybridized carbons (Fsp3) is 0.357. The number of anilines is 1. The van der Waals surface area contributed by atoms with Gasteiger partial charge in [-0.2, -0.15) is 0 Å². The van der Waals surface area contributed by atoms with Crippen LogP contribution >= 0.6 is 22.6 Å². The van der Waals surface area contributed by atoms with Crippen LogP contribution in [0.2, 0.25) is 0 Å². The first kappa shape index (κ1) is 13.3. The van der Waals surface area contributed by atoms with Crippen molar-refractivity contribution in [2.24, 2.45) is 0 Å². The van der Waals surface area contributed by atoms with Crippen LogP contribution in [0.5, 0.6) is 0 Å². The third kappa shape index (κ3) is 4.86. The van der Waals surface area contributed by atoms with Gasteiger partial charge in [-0.05, 0) is 73.1 Å². The first-order chi connectivity index (χ1) is 7.74. The molecule has 0 aliphatic carbocycles. The second-order valence-corrected chi connectivity index (χ2v) is 4.89. The van der Waals surface area contributed by atoms with Crippen molar-refractivity contribution >= 4 is 28.3 Å². The summed E-state index contributed by atoms with van der Waals surface area (Å²) in [5.74, 6) is 0. The molecule has 1 N–H and O–H groups in total. The molecule has 1 aromatic carbocycles. The Labute approximate surface area is 112 Å². The molecule has 86 valence electrons. The minimum Gasteiger partial charge on any atom is -0.384 e. The van der Waals surface area contributed by atoms with Crippen LogP contribution in [0.3, 0.4) is 0 Å². The standard InChI is InChI=1S/C14H18IN/c1-3-7-12(2)8-6-11-16-14-10-5-4-9-13(14)15/h3-5,9-10,16H,6,8,11H2,1-2H3. The van der Waals surface area contributed by atoms with E-state index in [1.807, 2.05) is 13.0 Å². The molecule has 0 atom stereocenters. The van der Waals surface area contributed by atoms with Crippen molar-refractivity contribution in [2.45, 2.75) is 26.7 Å². The molecule has 0 heterocycles. The predicted octanol–water partition coefficient (Wildman–Crippen LogP) is 4.60. The highest BCUT2D eigenvalue weighted by Crippen LogP contribution is 2.17. The average Bonchev–Trinajstić information content (AvgIpc) is 2.27. The molecular formula is C14H18IN. The van der Waals surface area contributed by atoms with E-state index >= 15 is 0 Å². The summed E-state index contributed by atoms with van der Waals surface area (Å²) in [6.07, 6.45) is 4.24. The maximum atomic E-state index is 3.45. The fourth-order valence-electron chi connectivity index (χ4n) is 1.50. The monoisotopic (exact) mass is 327 g/mol. The summed E-state index contributed by atoms with van der Waals surface area (Å²) in [5.41, 5.74) is 5.78. The van der Waals surface area contributed by atoms with Gasteiger partial charge in [0.2, 0.25) is 0 Å². The normalized spacial score (nSPS) is 9.44. The molecule has 0 aromatic heterocycles. The minimum atomic E-state index is 1.02. The van der Waals surface area contributed by atoms with Gasteiger partial charge in [0.25, 0.3) is 0 Å². The zero-order chi connectivity index (χ0) is 11.8. The summed E-state index contributed by atoms with van der Waals surface area (Å²) in [7, 11) is 0.